The molecule has 0 saturated heterocycles. The summed E-state index contributed by atoms with van der Waals surface area (Å²) in [6, 6.07) is 7.42. The van der Waals surface area contributed by atoms with Gasteiger partial charge in [0.2, 0.25) is 0 Å². The van der Waals surface area contributed by atoms with Gasteiger partial charge in [0.25, 0.3) is 5.91 Å². The number of aliphatic hydroxyl groups excluding tert-OH is 1. The predicted molar refractivity (Wildman–Crippen MR) is 87.0 cm³/mol. The van der Waals surface area contributed by atoms with Crippen LogP contribution >= 0.6 is 11.3 Å². The van der Waals surface area contributed by atoms with Crippen LogP contribution in [0.25, 0.3) is 0 Å². The number of nitrogens with zero attached hydrogens (tertiary/aromatic N) is 1. The molecule has 3 N–H and O–H groups in total. The quantitative estimate of drug-likeness (QED) is 0.792. The van der Waals surface area contributed by atoms with Gasteiger partial charge in [-0.1, -0.05) is 6.07 Å². The van der Waals surface area contributed by atoms with Crippen molar-refractivity contribution in [3.05, 3.63) is 46.3 Å². The Labute approximate surface area is 133 Å². The maximum atomic E-state index is 12.5. The Morgan fingerprint density at radius 3 is 2.91 bits per heavy atom. The molecule has 0 unspecified atom stereocenters. The summed E-state index contributed by atoms with van der Waals surface area (Å²) in [6.07, 6.45) is 2.86. The van der Waals surface area contributed by atoms with Crippen molar-refractivity contribution in [1.29, 1.82) is 0 Å². The number of anilines is 1. The average molecular weight is 317 g/mol. The van der Waals surface area contributed by atoms with E-state index in [4.69, 9.17) is 0 Å². The first-order valence-electron chi connectivity index (χ1n) is 7.33. The number of aromatic nitrogens is 1. The Kier molecular flexibility index (Phi) is 4.40. The van der Waals surface area contributed by atoms with Crippen LogP contribution in [0.2, 0.25) is 0 Å². The number of hydrogen-bond acceptors (Lipinski definition) is 5. The number of nitrogens with one attached hydrogen (secondary N) is 2. The van der Waals surface area contributed by atoms with E-state index in [-0.39, 0.29) is 18.1 Å². The van der Waals surface area contributed by atoms with Crippen LogP contribution in [0.4, 0.5) is 5.82 Å². The Bertz CT molecular complexity index is 639. The van der Waals surface area contributed by atoms with Gasteiger partial charge in [-0.3, -0.25) is 4.79 Å². The van der Waals surface area contributed by atoms with Crippen LogP contribution in [0.1, 0.15) is 34.1 Å². The van der Waals surface area contributed by atoms with Crippen LogP contribution in [-0.2, 0) is 0 Å². The molecule has 1 fully saturated rings. The zero-order valence-corrected chi connectivity index (χ0v) is 13.1. The van der Waals surface area contributed by atoms with Crippen LogP contribution < -0.4 is 10.6 Å². The number of rotatable bonds is 5. The third kappa shape index (κ3) is 3.13. The van der Waals surface area contributed by atoms with E-state index in [1.165, 1.54) is 0 Å². The lowest BCUT2D eigenvalue weighted by Gasteiger charge is -2.37. The normalized spacial score (nSPS) is 21.7. The van der Waals surface area contributed by atoms with Gasteiger partial charge in [0.15, 0.2) is 0 Å². The minimum absolute atomic E-state index is 0.0397. The van der Waals surface area contributed by atoms with Gasteiger partial charge in [0.1, 0.15) is 5.82 Å². The average Bonchev–Trinajstić information content (AvgIpc) is 3.04. The van der Waals surface area contributed by atoms with E-state index in [0.717, 1.165) is 17.7 Å². The lowest BCUT2D eigenvalue weighted by atomic mass is 9.76. The van der Waals surface area contributed by atoms with E-state index in [1.807, 2.05) is 17.5 Å². The molecule has 1 atom stereocenters. The molecule has 5 nitrogen and oxygen atoms in total. The Hall–Kier alpha value is -1.92. The third-order valence-electron chi connectivity index (χ3n) is 4.04. The van der Waals surface area contributed by atoms with Crippen molar-refractivity contribution in [2.24, 2.45) is 5.92 Å². The number of hydrogen-bond donors (Lipinski definition) is 3. The molecule has 22 heavy (non-hydrogen) atoms. The SMILES string of the molecule is CNc1cc(C(=O)N[C@@H](c2cccs2)C2CC(O)C2)ccn1. The molecule has 0 radical (unpaired) electrons. The fourth-order valence-electron chi connectivity index (χ4n) is 2.72. The monoisotopic (exact) mass is 317 g/mol. The fraction of sp³-hybridized carbons (Fsp3) is 0.375. The molecule has 3 rings (SSSR count). The molecule has 1 aliphatic carbocycles. The minimum atomic E-state index is -0.235. The highest BCUT2D eigenvalue weighted by atomic mass is 32.1. The maximum Gasteiger partial charge on any atom is 0.251 e. The first-order valence-corrected chi connectivity index (χ1v) is 8.21. The van der Waals surface area contributed by atoms with Gasteiger partial charge in [-0.15, -0.1) is 11.3 Å². The molecular weight excluding hydrogens is 298 g/mol. The van der Waals surface area contributed by atoms with Gasteiger partial charge in [-0.25, -0.2) is 4.98 Å². The summed E-state index contributed by atoms with van der Waals surface area (Å²) >= 11 is 1.63. The first-order chi connectivity index (χ1) is 10.7. The van der Waals surface area contributed by atoms with Crippen molar-refractivity contribution >= 4 is 23.1 Å². The summed E-state index contributed by atoms with van der Waals surface area (Å²) in [6.45, 7) is 0. The maximum absolute atomic E-state index is 12.5. The third-order valence-corrected chi connectivity index (χ3v) is 4.99. The molecule has 6 heteroatoms. The second-order valence-electron chi connectivity index (χ2n) is 5.53. The van der Waals surface area contributed by atoms with E-state index in [1.54, 1.807) is 36.7 Å². The van der Waals surface area contributed by atoms with Crippen molar-refractivity contribution in [2.45, 2.75) is 25.0 Å². The molecular formula is C16H19N3O2S. The number of carbonyl (C=O) groups is 1. The Morgan fingerprint density at radius 2 is 2.27 bits per heavy atom. The van der Waals surface area contributed by atoms with Crippen LogP contribution in [0.5, 0.6) is 0 Å². The molecule has 0 aliphatic heterocycles. The molecule has 1 aliphatic rings. The Balaban J connectivity index is 1.76. The van der Waals surface area contributed by atoms with Gasteiger partial charge in [0, 0.05) is 23.7 Å². The number of aliphatic hydroxyl groups is 1. The highest BCUT2D eigenvalue weighted by Gasteiger charge is 2.36. The van der Waals surface area contributed by atoms with Crippen LogP contribution in [0.15, 0.2) is 35.8 Å². The summed E-state index contributed by atoms with van der Waals surface area (Å²) < 4.78 is 0. The zero-order chi connectivity index (χ0) is 15.5. The molecule has 1 saturated carbocycles. The van der Waals surface area contributed by atoms with Crippen molar-refractivity contribution in [3.8, 4) is 0 Å². The number of carbonyl (C=O) groups excluding carboxylic acids is 1. The standard InChI is InChI=1S/C16H19N3O2S/c1-17-14-9-10(4-5-18-14)16(21)19-15(11-7-12(20)8-11)13-3-2-6-22-13/h2-6,9,11-12,15,20H,7-8H2,1H3,(H,17,18)(H,19,21)/t11?,12?,15-/m1/s1. The van der Waals surface area contributed by atoms with E-state index in [0.29, 0.717) is 17.3 Å². The van der Waals surface area contributed by atoms with Gasteiger partial charge in [-0.2, -0.15) is 0 Å². The smallest absolute Gasteiger partial charge is 0.251 e. The molecule has 0 aromatic carbocycles. The topological polar surface area (TPSA) is 74.2 Å². The Morgan fingerprint density at radius 1 is 1.45 bits per heavy atom. The van der Waals surface area contributed by atoms with Crippen molar-refractivity contribution in [2.75, 3.05) is 12.4 Å². The van der Waals surface area contributed by atoms with Gasteiger partial charge in [0.05, 0.1) is 12.1 Å². The fourth-order valence-corrected chi connectivity index (χ4v) is 3.59. The molecule has 1 amide bonds. The van der Waals surface area contributed by atoms with Gasteiger partial charge >= 0.3 is 0 Å². The molecule has 2 heterocycles. The molecule has 2 aromatic heterocycles. The van der Waals surface area contributed by atoms with E-state index in [2.05, 4.69) is 15.6 Å². The largest absolute Gasteiger partial charge is 0.393 e. The van der Waals surface area contributed by atoms with Crippen molar-refractivity contribution in [1.82, 2.24) is 10.3 Å². The summed E-state index contributed by atoms with van der Waals surface area (Å²) in [5.41, 5.74) is 0.584. The summed E-state index contributed by atoms with van der Waals surface area (Å²) in [5, 5.41) is 17.6. The molecule has 0 bridgehead atoms. The van der Waals surface area contributed by atoms with Crippen LogP contribution in [0, 0.1) is 5.92 Å². The second-order valence-corrected chi connectivity index (χ2v) is 6.51. The predicted octanol–water partition coefficient (Wildman–Crippen LogP) is 2.43. The van der Waals surface area contributed by atoms with E-state index >= 15 is 0 Å². The lowest BCUT2D eigenvalue weighted by Crippen LogP contribution is -2.41. The molecule has 116 valence electrons. The second kappa shape index (κ2) is 6.46. The molecule has 2 aromatic rings. The van der Waals surface area contributed by atoms with Gasteiger partial charge < -0.3 is 15.7 Å². The van der Waals surface area contributed by atoms with Crippen LogP contribution in [0.3, 0.4) is 0 Å². The van der Waals surface area contributed by atoms with E-state index in [9.17, 15) is 9.90 Å². The number of pyridine rings is 1. The summed E-state index contributed by atoms with van der Waals surface area (Å²) in [4.78, 5) is 17.8. The highest BCUT2D eigenvalue weighted by Crippen LogP contribution is 2.39. The first kappa shape index (κ1) is 15.0. The lowest BCUT2D eigenvalue weighted by molar-refractivity contribution is 0.0241. The van der Waals surface area contributed by atoms with Crippen molar-refractivity contribution in [3.63, 3.8) is 0 Å². The van der Waals surface area contributed by atoms with Gasteiger partial charge in [-0.05, 0) is 42.3 Å². The number of thiophene rings is 1. The zero-order valence-electron chi connectivity index (χ0n) is 12.3. The van der Waals surface area contributed by atoms with Crippen molar-refractivity contribution < 1.29 is 9.90 Å². The van der Waals surface area contributed by atoms with E-state index < -0.39 is 0 Å². The minimum Gasteiger partial charge on any atom is -0.393 e. The van der Waals surface area contributed by atoms with Crippen LogP contribution in [-0.4, -0.2) is 29.1 Å². The molecule has 0 spiro atoms. The number of amides is 1. The highest BCUT2D eigenvalue weighted by molar-refractivity contribution is 7.10. The summed E-state index contributed by atoms with van der Waals surface area (Å²) in [7, 11) is 1.77. The summed E-state index contributed by atoms with van der Waals surface area (Å²) in [5.74, 6) is 0.848.